The molecule has 4 nitrogen and oxygen atoms in total. The first kappa shape index (κ1) is 13.6. The van der Waals surface area contributed by atoms with Gasteiger partial charge in [0.05, 0.1) is 17.3 Å². The molecule has 1 amide bonds. The van der Waals surface area contributed by atoms with Gasteiger partial charge in [0.2, 0.25) is 0 Å². The smallest absolute Gasteiger partial charge is 0.255 e. The Morgan fingerprint density at radius 2 is 2.25 bits per heavy atom. The van der Waals surface area contributed by atoms with Crippen LogP contribution in [0.2, 0.25) is 0 Å². The van der Waals surface area contributed by atoms with E-state index in [1.807, 2.05) is 24.4 Å². The Morgan fingerprint density at radius 3 is 3.10 bits per heavy atom. The minimum absolute atomic E-state index is 0.0310. The number of fused-ring (bicyclic) bond motifs is 1. The number of carbonyl (C=O) groups is 1. The van der Waals surface area contributed by atoms with Gasteiger partial charge in [0.1, 0.15) is 0 Å². The number of alkyl halides is 1. The molecule has 1 aliphatic carbocycles. The number of halogens is 1. The van der Waals surface area contributed by atoms with Crippen LogP contribution in [0.1, 0.15) is 36.0 Å². The molecule has 1 N–H and O–H groups in total. The number of nitrogens with one attached hydrogen (secondary N) is 1. The van der Waals surface area contributed by atoms with E-state index in [4.69, 9.17) is 0 Å². The highest BCUT2D eigenvalue weighted by molar-refractivity contribution is 9.09. The molecular formula is C15H18BrN3O. The fourth-order valence-corrected chi connectivity index (χ4v) is 3.60. The average molecular weight is 336 g/mol. The van der Waals surface area contributed by atoms with Crippen LogP contribution in [0.25, 0.3) is 5.52 Å². The van der Waals surface area contributed by atoms with Gasteiger partial charge in [0.25, 0.3) is 5.91 Å². The molecule has 0 aromatic carbocycles. The molecule has 106 valence electrons. The lowest BCUT2D eigenvalue weighted by atomic mass is 9.89. The van der Waals surface area contributed by atoms with Crippen molar-refractivity contribution in [2.75, 3.05) is 6.54 Å². The van der Waals surface area contributed by atoms with E-state index in [-0.39, 0.29) is 5.91 Å². The first-order valence-corrected chi connectivity index (χ1v) is 8.02. The Hall–Kier alpha value is -1.36. The maximum Gasteiger partial charge on any atom is 0.255 e. The standard InChI is InChI=1S/C15H18BrN3O/c16-13-6-2-1-5-11(13)9-17-15(20)12-10-18-19-8-4-3-7-14(12)19/h3-4,7-8,10-11,13H,1-2,5-6,9H2,(H,17,20). The summed E-state index contributed by atoms with van der Waals surface area (Å²) in [5, 5.41) is 7.25. The van der Waals surface area contributed by atoms with Gasteiger partial charge >= 0.3 is 0 Å². The number of hydrogen-bond acceptors (Lipinski definition) is 2. The van der Waals surface area contributed by atoms with Gasteiger partial charge < -0.3 is 5.32 Å². The molecule has 2 atom stereocenters. The van der Waals surface area contributed by atoms with Crippen molar-refractivity contribution in [2.24, 2.45) is 5.92 Å². The van der Waals surface area contributed by atoms with Gasteiger partial charge in [-0.25, -0.2) is 4.52 Å². The third-order valence-corrected chi connectivity index (χ3v) is 5.22. The van der Waals surface area contributed by atoms with E-state index in [0.29, 0.717) is 16.3 Å². The molecule has 2 aromatic rings. The fourth-order valence-electron chi connectivity index (χ4n) is 2.82. The fraction of sp³-hybridized carbons (Fsp3) is 0.467. The minimum atomic E-state index is -0.0310. The third-order valence-electron chi connectivity index (χ3n) is 4.01. The van der Waals surface area contributed by atoms with Crippen LogP contribution in [0.3, 0.4) is 0 Å². The summed E-state index contributed by atoms with van der Waals surface area (Å²) in [5.41, 5.74) is 1.50. The van der Waals surface area contributed by atoms with E-state index in [2.05, 4.69) is 26.3 Å². The Morgan fingerprint density at radius 1 is 1.40 bits per heavy atom. The Bertz CT molecular complexity index is 610. The van der Waals surface area contributed by atoms with Crippen molar-refractivity contribution in [3.63, 3.8) is 0 Å². The second kappa shape index (κ2) is 5.95. The molecule has 0 bridgehead atoms. The van der Waals surface area contributed by atoms with Crippen LogP contribution in [-0.4, -0.2) is 26.9 Å². The molecule has 0 aliphatic heterocycles. The Balaban J connectivity index is 1.67. The summed E-state index contributed by atoms with van der Waals surface area (Å²) >= 11 is 3.73. The van der Waals surface area contributed by atoms with Crippen LogP contribution in [0, 0.1) is 5.92 Å². The highest BCUT2D eigenvalue weighted by Crippen LogP contribution is 2.29. The molecule has 0 spiro atoms. The van der Waals surface area contributed by atoms with Crippen LogP contribution >= 0.6 is 15.9 Å². The summed E-state index contributed by atoms with van der Waals surface area (Å²) in [4.78, 5) is 12.8. The Kier molecular flexibility index (Phi) is 4.05. The lowest BCUT2D eigenvalue weighted by molar-refractivity contribution is 0.0946. The monoisotopic (exact) mass is 335 g/mol. The van der Waals surface area contributed by atoms with Crippen molar-refractivity contribution in [1.29, 1.82) is 0 Å². The summed E-state index contributed by atoms with van der Waals surface area (Å²) in [6.07, 6.45) is 8.43. The van der Waals surface area contributed by atoms with Crippen LogP contribution in [0.5, 0.6) is 0 Å². The van der Waals surface area contributed by atoms with E-state index in [0.717, 1.165) is 12.1 Å². The molecule has 3 rings (SSSR count). The van der Waals surface area contributed by atoms with E-state index < -0.39 is 0 Å². The SMILES string of the molecule is O=C(NCC1CCCCC1Br)c1cnn2ccccc12. The van der Waals surface area contributed by atoms with E-state index >= 15 is 0 Å². The molecule has 2 unspecified atom stereocenters. The van der Waals surface area contributed by atoms with Crippen molar-refractivity contribution in [3.05, 3.63) is 36.2 Å². The van der Waals surface area contributed by atoms with Crippen molar-refractivity contribution in [3.8, 4) is 0 Å². The topological polar surface area (TPSA) is 46.4 Å². The third kappa shape index (κ3) is 2.73. The summed E-state index contributed by atoms with van der Waals surface area (Å²) in [5.74, 6) is 0.506. The Labute approximate surface area is 126 Å². The quantitative estimate of drug-likeness (QED) is 0.876. The van der Waals surface area contributed by atoms with Crippen molar-refractivity contribution < 1.29 is 4.79 Å². The normalized spacial score (nSPS) is 22.9. The number of pyridine rings is 1. The van der Waals surface area contributed by atoms with E-state index in [1.165, 1.54) is 25.7 Å². The molecule has 2 heterocycles. The van der Waals surface area contributed by atoms with Crippen LogP contribution in [0.15, 0.2) is 30.6 Å². The molecule has 0 saturated heterocycles. The van der Waals surface area contributed by atoms with Crippen LogP contribution < -0.4 is 5.32 Å². The first-order valence-electron chi connectivity index (χ1n) is 7.10. The van der Waals surface area contributed by atoms with Crippen LogP contribution in [0.4, 0.5) is 0 Å². The number of hydrogen-bond donors (Lipinski definition) is 1. The number of nitrogens with zero attached hydrogens (tertiary/aromatic N) is 2. The van der Waals surface area contributed by atoms with Gasteiger partial charge in [-0.2, -0.15) is 5.10 Å². The lowest BCUT2D eigenvalue weighted by Gasteiger charge is -2.27. The van der Waals surface area contributed by atoms with Gasteiger partial charge in [-0.3, -0.25) is 4.79 Å². The summed E-state index contributed by atoms with van der Waals surface area (Å²) in [6.45, 7) is 0.735. The summed E-state index contributed by atoms with van der Waals surface area (Å²) in [7, 11) is 0. The van der Waals surface area contributed by atoms with Gasteiger partial charge in [-0.15, -0.1) is 0 Å². The zero-order chi connectivity index (χ0) is 13.9. The predicted octanol–water partition coefficient (Wildman–Crippen LogP) is 3.02. The lowest BCUT2D eigenvalue weighted by Crippen LogP contribution is -2.34. The largest absolute Gasteiger partial charge is 0.352 e. The summed E-state index contributed by atoms with van der Waals surface area (Å²) in [6, 6.07) is 5.73. The molecule has 20 heavy (non-hydrogen) atoms. The van der Waals surface area contributed by atoms with E-state index in [9.17, 15) is 4.79 Å². The maximum absolute atomic E-state index is 12.3. The second-order valence-electron chi connectivity index (χ2n) is 5.36. The summed E-state index contributed by atoms with van der Waals surface area (Å²) < 4.78 is 1.73. The van der Waals surface area contributed by atoms with E-state index in [1.54, 1.807) is 10.7 Å². The highest BCUT2D eigenvalue weighted by Gasteiger charge is 2.23. The van der Waals surface area contributed by atoms with Crippen molar-refractivity contribution in [2.45, 2.75) is 30.5 Å². The van der Waals surface area contributed by atoms with Crippen molar-refractivity contribution >= 4 is 27.4 Å². The first-order chi connectivity index (χ1) is 9.75. The maximum atomic E-state index is 12.3. The molecular weight excluding hydrogens is 318 g/mol. The van der Waals surface area contributed by atoms with Gasteiger partial charge in [0, 0.05) is 17.6 Å². The zero-order valence-corrected chi connectivity index (χ0v) is 12.8. The van der Waals surface area contributed by atoms with Gasteiger partial charge in [-0.1, -0.05) is 34.8 Å². The number of carbonyl (C=O) groups excluding carboxylic acids is 1. The van der Waals surface area contributed by atoms with Crippen LogP contribution in [-0.2, 0) is 0 Å². The molecule has 1 saturated carbocycles. The number of amides is 1. The van der Waals surface area contributed by atoms with Crippen molar-refractivity contribution in [1.82, 2.24) is 14.9 Å². The molecule has 1 fully saturated rings. The molecule has 5 heteroatoms. The molecule has 1 aliphatic rings. The molecule has 0 radical (unpaired) electrons. The number of rotatable bonds is 3. The highest BCUT2D eigenvalue weighted by atomic mass is 79.9. The number of aromatic nitrogens is 2. The average Bonchev–Trinajstić information content (AvgIpc) is 2.90. The second-order valence-corrected chi connectivity index (χ2v) is 6.54. The minimum Gasteiger partial charge on any atom is -0.352 e. The molecule has 2 aromatic heterocycles. The van der Waals surface area contributed by atoms with Gasteiger partial charge in [0.15, 0.2) is 0 Å². The zero-order valence-electron chi connectivity index (χ0n) is 11.3. The van der Waals surface area contributed by atoms with Gasteiger partial charge in [-0.05, 0) is 30.9 Å². The predicted molar refractivity (Wildman–Crippen MR) is 82.2 cm³/mol.